The number of nitrogens with zero attached hydrogens (tertiary/aromatic N) is 3. The van der Waals surface area contributed by atoms with Gasteiger partial charge in [0.05, 0.1) is 12.3 Å². The predicted octanol–water partition coefficient (Wildman–Crippen LogP) is 3.90. The molecule has 0 atom stereocenters. The van der Waals surface area contributed by atoms with E-state index in [-0.39, 0.29) is 11.6 Å². The third kappa shape index (κ3) is 6.05. The summed E-state index contributed by atoms with van der Waals surface area (Å²) in [5.41, 5.74) is 1.57. The lowest BCUT2D eigenvalue weighted by Gasteiger charge is -2.11. The van der Waals surface area contributed by atoms with Crippen molar-refractivity contribution in [3.63, 3.8) is 0 Å². The minimum atomic E-state index is -4.47. The number of halogens is 4. The summed E-state index contributed by atoms with van der Waals surface area (Å²) < 4.78 is 51.7. The third-order valence-electron chi connectivity index (χ3n) is 3.82. The monoisotopic (exact) mass is 424 g/mol. The van der Waals surface area contributed by atoms with E-state index >= 15 is 0 Å². The Labute approximate surface area is 168 Å². The first kappa shape index (κ1) is 20.8. The highest BCUT2D eigenvalue weighted by atomic mass is 32.2. The molecule has 152 valence electrons. The van der Waals surface area contributed by atoms with Gasteiger partial charge in [0, 0.05) is 5.56 Å². The van der Waals surface area contributed by atoms with E-state index in [2.05, 4.69) is 10.2 Å². The number of rotatable bonds is 7. The summed E-state index contributed by atoms with van der Waals surface area (Å²) >= 11 is 0.980. The van der Waals surface area contributed by atoms with Gasteiger partial charge in [0.1, 0.15) is 12.4 Å². The number of hydrogen-bond acceptors (Lipinski definition) is 4. The summed E-state index contributed by atoms with van der Waals surface area (Å²) in [6.45, 7) is -1.00. The molecular weight excluding hydrogens is 408 g/mol. The zero-order chi connectivity index (χ0) is 20.9. The van der Waals surface area contributed by atoms with Gasteiger partial charge in [-0.25, -0.2) is 4.39 Å². The van der Waals surface area contributed by atoms with Crippen molar-refractivity contribution in [3.8, 4) is 11.4 Å². The molecule has 0 saturated heterocycles. The van der Waals surface area contributed by atoms with E-state index in [1.807, 2.05) is 35.6 Å². The van der Waals surface area contributed by atoms with Crippen LogP contribution in [0.5, 0.6) is 0 Å². The van der Waals surface area contributed by atoms with Gasteiger partial charge in [0.2, 0.25) is 5.91 Å². The van der Waals surface area contributed by atoms with E-state index in [0.717, 1.165) is 17.3 Å². The van der Waals surface area contributed by atoms with Gasteiger partial charge in [-0.05, 0) is 29.8 Å². The van der Waals surface area contributed by atoms with Crippen LogP contribution in [0.2, 0.25) is 0 Å². The number of benzene rings is 2. The lowest BCUT2D eigenvalue weighted by Crippen LogP contribution is -2.34. The average molecular weight is 424 g/mol. The molecule has 0 unspecified atom stereocenters. The Morgan fingerprint density at radius 1 is 1.03 bits per heavy atom. The predicted molar refractivity (Wildman–Crippen MR) is 101 cm³/mol. The quantitative estimate of drug-likeness (QED) is 0.462. The number of thioether (sulfide) groups is 1. The van der Waals surface area contributed by atoms with E-state index < -0.39 is 18.6 Å². The number of nitrogens with one attached hydrogen (secondary N) is 1. The second-order valence-electron chi connectivity index (χ2n) is 6.07. The number of hydrogen-bond donors (Lipinski definition) is 1. The van der Waals surface area contributed by atoms with Crippen molar-refractivity contribution in [2.24, 2.45) is 0 Å². The van der Waals surface area contributed by atoms with Crippen molar-refractivity contribution in [1.82, 2.24) is 20.1 Å². The maximum atomic E-state index is 13.2. The first-order valence-electron chi connectivity index (χ1n) is 8.51. The molecule has 5 nitrogen and oxygen atoms in total. The van der Waals surface area contributed by atoms with Crippen molar-refractivity contribution in [3.05, 3.63) is 66.0 Å². The molecule has 3 rings (SSSR count). The van der Waals surface area contributed by atoms with E-state index in [0.29, 0.717) is 23.1 Å². The van der Waals surface area contributed by atoms with Crippen LogP contribution in [0.1, 0.15) is 5.56 Å². The molecule has 10 heteroatoms. The fourth-order valence-corrected chi connectivity index (χ4v) is 3.26. The molecule has 0 spiro atoms. The van der Waals surface area contributed by atoms with Crippen LogP contribution < -0.4 is 5.32 Å². The molecule has 0 radical (unpaired) electrons. The van der Waals surface area contributed by atoms with Crippen molar-refractivity contribution >= 4 is 17.7 Å². The Bertz CT molecular complexity index is 959. The van der Waals surface area contributed by atoms with Crippen LogP contribution in [0.4, 0.5) is 17.6 Å². The molecule has 1 aromatic heterocycles. The molecule has 0 aliphatic heterocycles. The number of amides is 1. The molecule has 29 heavy (non-hydrogen) atoms. The summed E-state index contributed by atoms with van der Waals surface area (Å²) in [5.74, 6) is -0.928. The molecule has 0 aliphatic rings. The third-order valence-corrected chi connectivity index (χ3v) is 4.79. The minimum Gasteiger partial charge on any atom is -0.346 e. The van der Waals surface area contributed by atoms with Crippen LogP contribution >= 0.6 is 11.8 Å². The van der Waals surface area contributed by atoms with Crippen LogP contribution in [-0.4, -0.2) is 39.1 Å². The first-order valence-corrected chi connectivity index (χ1v) is 9.50. The van der Waals surface area contributed by atoms with Gasteiger partial charge < -0.3 is 5.32 Å². The summed E-state index contributed by atoms with van der Waals surface area (Å²) in [6, 6.07) is 15.1. The van der Waals surface area contributed by atoms with E-state index in [1.165, 1.54) is 12.1 Å². The van der Waals surface area contributed by atoms with Crippen LogP contribution in [0.3, 0.4) is 0 Å². The van der Waals surface area contributed by atoms with Gasteiger partial charge in [-0.2, -0.15) is 13.2 Å². The Morgan fingerprint density at radius 2 is 1.72 bits per heavy atom. The van der Waals surface area contributed by atoms with Crippen LogP contribution in [-0.2, 0) is 11.3 Å². The summed E-state index contributed by atoms with van der Waals surface area (Å²) in [5, 5.41) is 10.4. The Hall–Kier alpha value is -2.88. The van der Waals surface area contributed by atoms with Gasteiger partial charge in [-0.3, -0.25) is 9.36 Å². The Morgan fingerprint density at radius 3 is 2.38 bits per heavy atom. The van der Waals surface area contributed by atoms with Gasteiger partial charge in [-0.1, -0.05) is 42.1 Å². The fraction of sp³-hybridized carbons (Fsp3) is 0.211. The zero-order valence-corrected chi connectivity index (χ0v) is 15.8. The lowest BCUT2D eigenvalue weighted by molar-refractivity contribution is -0.136. The second kappa shape index (κ2) is 9.08. The van der Waals surface area contributed by atoms with Crippen molar-refractivity contribution in [2.45, 2.75) is 17.9 Å². The molecule has 0 saturated carbocycles. The average Bonchev–Trinajstić information content (AvgIpc) is 3.08. The first-order chi connectivity index (χ1) is 13.8. The number of carbonyl (C=O) groups excluding carboxylic acids is 1. The van der Waals surface area contributed by atoms with Crippen molar-refractivity contribution in [2.75, 3.05) is 12.3 Å². The summed E-state index contributed by atoms with van der Waals surface area (Å²) in [7, 11) is 0. The Kier molecular flexibility index (Phi) is 6.53. The van der Waals surface area contributed by atoms with Gasteiger partial charge in [0.25, 0.3) is 0 Å². The molecule has 0 aliphatic carbocycles. The number of aromatic nitrogens is 3. The maximum absolute atomic E-state index is 13.2. The maximum Gasteiger partial charge on any atom is 0.405 e. The second-order valence-corrected chi connectivity index (χ2v) is 7.01. The molecule has 2 aromatic carbocycles. The SMILES string of the molecule is O=C(CSc1nnc(-c2ccc(F)cc2)n1Cc1ccccc1)NCC(F)(F)F. The van der Waals surface area contributed by atoms with Crippen molar-refractivity contribution in [1.29, 1.82) is 0 Å². The molecule has 1 amide bonds. The zero-order valence-electron chi connectivity index (χ0n) is 15.0. The standard InChI is InChI=1S/C19H16F4N4OS/c20-15-8-6-14(7-9-15)17-25-26-18(27(17)10-13-4-2-1-3-5-13)29-11-16(28)24-12-19(21,22)23/h1-9H,10-12H2,(H,24,28). The highest BCUT2D eigenvalue weighted by molar-refractivity contribution is 7.99. The Balaban J connectivity index is 1.81. The smallest absolute Gasteiger partial charge is 0.346 e. The largest absolute Gasteiger partial charge is 0.405 e. The van der Waals surface area contributed by atoms with Gasteiger partial charge in [-0.15, -0.1) is 10.2 Å². The molecule has 3 aromatic rings. The van der Waals surface area contributed by atoms with Crippen LogP contribution in [0.25, 0.3) is 11.4 Å². The van der Waals surface area contributed by atoms with Crippen LogP contribution in [0, 0.1) is 5.82 Å². The number of alkyl halides is 3. The van der Waals surface area contributed by atoms with E-state index in [4.69, 9.17) is 0 Å². The molecule has 1 heterocycles. The normalized spacial score (nSPS) is 11.4. The topological polar surface area (TPSA) is 59.8 Å². The van der Waals surface area contributed by atoms with Gasteiger partial charge >= 0.3 is 6.18 Å². The van der Waals surface area contributed by atoms with Crippen molar-refractivity contribution < 1.29 is 22.4 Å². The van der Waals surface area contributed by atoms with Crippen LogP contribution in [0.15, 0.2) is 59.8 Å². The minimum absolute atomic E-state index is 0.244. The lowest BCUT2D eigenvalue weighted by atomic mass is 10.2. The van der Waals surface area contributed by atoms with E-state index in [9.17, 15) is 22.4 Å². The molecular formula is C19H16F4N4OS. The molecule has 0 bridgehead atoms. The highest BCUT2D eigenvalue weighted by Gasteiger charge is 2.27. The molecule has 1 N–H and O–H groups in total. The molecule has 0 fully saturated rings. The highest BCUT2D eigenvalue weighted by Crippen LogP contribution is 2.25. The van der Waals surface area contributed by atoms with Gasteiger partial charge in [0.15, 0.2) is 11.0 Å². The summed E-state index contributed by atoms with van der Waals surface area (Å²) in [4.78, 5) is 11.7. The number of carbonyl (C=O) groups is 1. The van der Waals surface area contributed by atoms with E-state index in [1.54, 1.807) is 16.7 Å². The summed E-state index contributed by atoms with van der Waals surface area (Å²) in [6.07, 6.45) is -4.47. The fourth-order valence-electron chi connectivity index (χ4n) is 2.50.